The molecule has 0 fully saturated rings. The molecule has 1 rings (SSSR count). The molecule has 0 atom stereocenters. The number of nitrogens with one attached hydrogen (secondary N) is 1. The third kappa shape index (κ3) is 4.25. The van der Waals surface area contributed by atoms with E-state index < -0.39 is 0 Å². The Morgan fingerprint density at radius 2 is 1.84 bits per heavy atom. The summed E-state index contributed by atoms with van der Waals surface area (Å²) in [7, 11) is 0. The van der Waals surface area contributed by atoms with Crippen molar-refractivity contribution in [3.05, 3.63) is 29.3 Å². The second-order valence-corrected chi connectivity index (χ2v) is 5.46. The van der Waals surface area contributed by atoms with Gasteiger partial charge in [-0.3, -0.25) is 4.90 Å². The molecular weight excluding hydrogens is 234 g/mol. The van der Waals surface area contributed by atoms with E-state index in [0.29, 0.717) is 12.1 Å². The summed E-state index contributed by atoms with van der Waals surface area (Å²) in [6, 6.07) is 9.13. The van der Waals surface area contributed by atoms with Crippen LogP contribution in [0.15, 0.2) is 18.2 Å². The fraction of sp³-hybridized carbons (Fsp3) is 0.562. The van der Waals surface area contributed by atoms with Gasteiger partial charge in [-0.1, -0.05) is 12.1 Å². The lowest BCUT2D eigenvalue weighted by Crippen LogP contribution is -2.40. The highest BCUT2D eigenvalue weighted by Gasteiger charge is 2.13. The Labute approximate surface area is 117 Å². The quantitative estimate of drug-likeness (QED) is 0.851. The zero-order chi connectivity index (χ0) is 14.4. The van der Waals surface area contributed by atoms with E-state index in [1.54, 1.807) is 0 Å². The minimum Gasteiger partial charge on any atom is -0.382 e. The SMILES string of the molecule is Cc1cccc(C#N)c1NCCN(C(C)C)C(C)C. The summed E-state index contributed by atoms with van der Waals surface area (Å²) in [5.41, 5.74) is 2.82. The average Bonchev–Trinajstić information content (AvgIpc) is 2.34. The van der Waals surface area contributed by atoms with Gasteiger partial charge in [-0.05, 0) is 46.2 Å². The van der Waals surface area contributed by atoms with Gasteiger partial charge in [0, 0.05) is 25.2 Å². The Morgan fingerprint density at radius 3 is 2.37 bits per heavy atom. The summed E-state index contributed by atoms with van der Waals surface area (Å²) in [4.78, 5) is 2.44. The molecule has 3 nitrogen and oxygen atoms in total. The van der Waals surface area contributed by atoms with E-state index in [2.05, 4.69) is 44.0 Å². The van der Waals surface area contributed by atoms with E-state index in [-0.39, 0.29) is 0 Å². The zero-order valence-corrected chi connectivity index (χ0v) is 12.7. The number of para-hydroxylation sites is 1. The summed E-state index contributed by atoms with van der Waals surface area (Å²) in [6.45, 7) is 12.7. The third-order valence-corrected chi connectivity index (χ3v) is 3.39. The van der Waals surface area contributed by atoms with Gasteiger partial charge in [-0.15, -0.1) is 0 Å². The number of benzene rings is 1. The standard InChI is InChI=1S/C16H25N3/c1-12(2)19(13(3)4)10-9-18-16-14(5)7-6-8-15(16)11-17/h6-8,12-13,18H,9-10H2,1-5H3. The molecule has 0 aliphatic rings. The van der Waals surface area contributed by atoms with E-state index in [1.807, 2.05) is 25.1 Å². The molecule has 19 heavy (non-hydrogen) atoms. The van der Waals surface area contributed by atoms with Crippen LogP contribution in [-0.4, -0.2) is 30.1 Å². The van der Waals surface area contributed by atoms with Gasteiger partial charge in [-0.25, -0.2) is 0 Å². The van der Waals surface area contributed by atoms with Crippen molar-refractivity contribution in [1.29, 1.82) is 5.26 Å². The highest BCUT2D eigenvalue weighted by atomic mass is 15.2. The van der Waals surface area contributed by atoms with Crippen molar-refractivity contribution in [2.75, 3.05) is 18.4 Å². The maximum atomic E-state index is 9.13. The van der Waals surface area contributed by atoms with Gasteiger partial charge in [0.15, 0.2) is 0 Å². The number of hydrogen-bond donors (Lipinski definition) is 1. The van der Waals surface area contributed by atoms with E-state index >= 15 is 0 Å². The summed E-state index contributed by atoms with van der Waals surface area (Å²) in [5.74, 6) is 0. The molecule has 3 heteroatoms. The predicted molar refractivity (Wildman–Crippen MR) is 81.4 cm³/mol. The van der Waals surface area contributed by atoms with E-state index in [9.17, 15) is 0 Å². The van der Waals surface area contributed by atoms with Crippen molar-refractivity contribution >= 4 is 5.69 Å². The first-order chi connectivity index (χ1) is 8.97. The Balaban J connectivity index is 2.66. The number of anilines is 1. The second-order valence-electron chi connectivity index (χ2n) is 5.46. The van der Waals surface area contributed by atoms with Crippen LogP contribution in [0.4, 0.5) is 5.69 Å². The molecule has 0 aliphatic heterocycles. The van der Waals surface area contributed by atoms with Crippen LogP contribution < -0.4 is 5.32 Å². The molecule has 1 aromatic carbocycles. The van der Waals surface area contributed by atoms with Crippen LogP contribution in [0.3, 0.4) is 0 Å². The fourth-order valence-electron chi connectivity index (χ4n) is 2.42. The second kappa shape index (κ2) is 7.16. The Kier molecular flexibility index (Phi) is 5.85. The minimum absolute atomic E-state index is 0.536. The van der Waals surface area contributed by atoms with Crippen LogP contribution in [0.5, 0.6) is 0 Å². The average molecular weight is 259 g/mol. The van der Waals surface area contributed by atoms with Crippen molar-refractivity contribution in [3.8, 4) is 6.07 Å². The van der Waals surface area contributed by atoms with Gasteiger partial charge in [0.05, 0.1) is 11.3 Å². The molecule has 0 unspecified atom stereocenters. The first-order valence-electron chi connectivity index (χ1n) is 6.96. The number of rotatable bonds is 6. The third-order valence-electron chi connectivity index (χ3n) is 3.39. The highest BCUT2D eigenvalue weighted by Crippen LogP contribution is 2.19. The Hall–Kier alpha value is -1.53. The van der Waals surface area contributed by atoms with Gasteiger partial charge in [-0.2, -0.15) is 5.26 Å². The van der Waals surface area contributed by atoms with Crippen LogP contribution >= 0.6 is 0 Å². The molecule has 104 valence electrons. The van der Waals surface area contributed by atoms with Gasteiger partial charge >= 0.3 is 0 Å². The number of nitrogens with zero attached hydrogens (tertiary/aromatic N) is 2. The molecule has 0 saturated carbocycles. The number of aryl methyl sites for hydroxylation is 1. The van der Waals surface area contributed by atoms with Crippen LogP contribution in [0.25, 0.3) is 0 Å². The molecule has 0 aromatic heterocycles. The van der Waals surface area contributed by atoms with E-state index in [1.165, 1.54) is 0 Å². The van der Waals surface area contributed by atoms with E-state index in [0.717, 1.165) is 29.9 Å². The predicted octanol–water partition coefficient (Wildman–Crippen LogP) is 3.40. The fourth-order valence-corrected chi connectivity index (χ4v) is 2.42. The van der Waals surface area contributed by atoms with Crippen LogP contribution in [0.1, 0.15) is 38.8 Å². The molecule has 0 saturated heterocycles. The van der Waals surface area contributed by atoms with Crippen molar-refractivity contribution in [1.82, 2.24) is 4.90 Å². The van der Waals surface area contributed by atoms with Crippen LogP contribution in [0, 0.1) is 18.3 Å². The summed E-state index contributed by atoms with van der Waals surface area (Å²) >= 11 is 0. The van der Waals surface area contributed by atoms with Crippen LogP contribution in [0.2, 0.25) is 0 Å². The van der Waals surface area contributed by atoms with Gasteiger partial charge in [0.25, 0.3) is 0 Å². The molecule has 1 N–H and O–H groups in total. The van der Waals surface area contributed by atoms with Gasteiger partial charge in [0.1, 0.15) is 6.07 Å². The van der Waals surface area contributed by atoms with Gasteiger partial charge < -0.3 is 5.32 Å². The smallest absolute Gasteiger partial charge is 0.101 e. The summed E-state index contributed by atoms with van der Waals surface area (Å²) in [6.07, 6.45) is 0. The van der Waals surface area contributed by atoms with Crippen molar-refractivity contribution < 1.29 is 0 Å². The van der Waals surface area contributed by atoms with Gasteiger partial charge in [0.2, 0.25) is 0 Å². The Morgan fingerprint density at radius 1 is 1.21 bits per heavy atom. The lowest BCUT2D eigenvalue weighted by Gasteiger charge is -2.30. The number of hydrogen-bond acceptors (Lipinski definition) is 3. The molecule has 0 heterocycles. The normalized spacial score (nSPS) is 11.1. The molecule has 0 radical (unpaired) electrons. The van der Waals surface area contributed by atoms with Crippen molar-refractivity contribution in [2.24, 2.45) is 0 Å². The minimum atomic E-state index is 0.536. The summed E-state index contributed by atoms with van der Waals surface area (Å²) < 4.78 is 0. The zero-order valence-electron chi connectivity index (χ0n) is 12.7. The topological polar surface area (TPSA) is 39.1 Å². The Bertz CT molecular complexity index is 436. The lowest BCUT2D eigenvalue weighted by molar-refractivity contribution is 0.182. The summed E-state index contributed by atoms with van der Waals surface area (Å²) in [5, 5.41) is 12.5. The van der Waals surface area contributed by atoms with E-state index in [4.69, 9.17) is 5.26 Å². The first kappa shape index (κ1) is 15.5. The maximum Gasteiger partial charge on any atom is 0.101 e. The first-order valence-corrected chi connectivity index (χ1v) is 6.96. The monoisotopic (exact) mass is 259 g/mol. The van der Waals surface area contributed by atoms with Crippen molar-refractivity contribution in [2.45, 2.75) is 46.7 Å². The molecule has 0 bridgehead atoms. The van der Waals surface area contributed by atoms with Crippen molar-refractivity contribution in [3.63, 3.8) is 0 Å². The largest absolute Gasteiger partial charge is 0.382 e. The molecule has 0 spiro atoms. The molecular formula is C16H25N3. The lowest BCUT2D eigenvalue weighted by atomic mass is 10.1. The highest BCUT2D eigenvalue weighted by molar-refractivity contribution is 5.62. The van der Waals surface area contributed by atoms with Crippen LogP contribution in [-0.2, 0) is 0 Å². The molecule has 0 aliphatic carbocycles. The molecule has 0 amide bonds. The molecule has 1 aromatic rings. The number of nitriles is 1. The maximum absolute atomic E-state index is 9.13.